The molecular formula is C36H34F3N3O8S. The van der Waals surface area contributed by atoms with E-state index in [4.69, 9.17) is 23.5 Å². The van der Waals surface area contributed by atoms with Gasteiger partial charge in [0.15, 0.2) is 39.5 Å². The van der Waals surface area contributed by atoms with Crippen LogP contribution in [-0.4, -0.2) is 60.4 Å². The number of carbonyl (C=O) groups excluding carboxylic acids is 1. The Hall–Kier alpha value is -5.44. The first-order valence-electron chi connectivity index (χ1n) is 15.9. The van der Waals surface area contributed by atoms with Gasteiger partial charge in [-0.1, -0.05) is 23.4 Å². The molecule has 0 saturated carbocycles. The molecule has 1 N–H and O–H groups in total. The van der Waals surface area contributed by atoms with E-state index in [1.165, 1.54) is 33.5 Å². The molecule has 5 aromatic rings. The summed E-state index contributed by atoms with van der Waals surface area (Å²) in [5.41, 5.74) is 2.71. The van der Waals surface area contributed by atoms with Crippen molar-refractivity contribution in [2.45, 2.75) is 24.2 Å². The van der Waals surface area contributed by atoms with Crippen molar-refractivity contribution in [1.29, 1.82) is 0 Å². The fourth-order valence-electron chi connectivity index (χ4n) is 6.15. The van der Waals surface area contributed by atoms with Crippen molar-refractivity contribution >= 4 is 38.3 Å². The fourth-order valence-corrected chi connectivity index (χ4v) is 7.48. The van der Waals surface area contributed by atoms with Gasteiger partial charge in [0.2, 0.25) is 5.82 Å². The minimum atomic E-state index is -4.25. The first-order valence-corrected chi connectivity index (χ1v) is 17.4. The Morgan fingerprint density at radius 3 is 2.31 bits per heavy atom. The summed E-state index contributed by atoms with van der Waals surface area (Å²) in [5.74, 6) is -5.02. The number of rotatable bonds is 12. The number of nitrogens with zero attached hydrogens (tertiary/aromatic N) is 2. The molecule has 1 atom stereocenters. The highest BCUT2D eigenvalue weighted by atomic mass is 32.2. The summed E-state index contributed by atoms with van der Waals surface area (Å²) in [6.45, 7) is 0.626. The number of anilines is 2. The zero-order chi connectivity index (χ0) is 36.3. The summed E-state index contributed by atoms with van der Waals surface area (Å²) in [5, 5.41) is 4.31. The van der Waals surface area contributed by atoms with Gasteiger partial charge in [-0.3, -0.25) is 9.52 Å². The van der Waals surface area contributed by atoms with Crippen LogP contribution in [-0.2, 0) is 14.8 Å². The molecule has 0 amide bonds. The van der Waals surface area contributed by atoms with Crippen LogP contribution in [0.5, 0.6) is 23.0 Å². The van der Waals surface area contributed by atoms with Crippen LogP contribution in [0.1, 0.15) is 19.3 Å². The molecule has 6 rings (SSSR count). The Kier molecular flexibility index (Phi) is 10.3. The van der Waals surface area contributed by atoms with Gasteiger partial charge in [0.1, 0.15) is 29.2 Å². The molecule has 11 nitrogen and oxygen atoms in total. The number of hydrogen-bond donors (Lipinski definition) is 1. The molecular weight excluding hydrogens is 691 g/mol. The van der Waals surface area contributed by atoms with Gasteiger partial charge >= 0.3 is 0 Å². The molecule has 15 heteroatoms. The highest BCUT2D eigenvalue weighted by Gasteiger charge is 2.29. The molecule has 1 aliphatic heterocycles. The number of halogens is 3. The molecule has 0 spiro atoms. The summed E-state index contributed by atoms with van der Waals surface area (Å²) >= 11 is 0. The van der Waals surface area contributed by atoms with E-state index >= 15 is 0 Å². The van der Waals surface area contributed by atoms with Gasteiger partial charge in [-0.25, -0.2) is 17.2 Å². The minimum absolute atomic E-state index is 0.0820. The van der Waals surface area contributed by atoms with Crippen LogP contribution in [0.4, 0.5) is 24.7 Å². The lowest BCUT2D eigenvalue weighted by atomic mass is 9.96. The SMILES string of the molecule is COc1cccc(OC)c1S(=O)(=O)Nc1noc2cc(-c3cccc(N4CCCC(C(=O)COc5c(F)ccc(F)c5F)CC4)c3)cc(OC)c12. The highest BCUT2D eigenvalue weighted by molar-refractivity contribution is 7.93. The number of Topliss-reactive ketones (excluding diaryl/α,β-unsaturated/α-hetero) is 1. The van der Waals surface area contributed by atoms with Crippen molar-refractivity contribution in [3.63, 3.8) is 0 Å². The van der Waals surface area contributed by atoms with Crippen molar-refractivity contribution in [1.82, 2.24) is 5.16 Å². The number of aromatic nitrogens is 1. The van der Waals surface area contributed by atoms with Gasteiger partial charge < -0.3 is 28.4 Å². The monoisotopic (exact) mass is 725 g/mol. The lowest BCUT2D eigenvalue weighted by Crippen LogP contribution is -2.26. The second-order valence-corrected chi connectivity index (χ2v) is 13.4. The molecule has 1 aromatic heterocycles. The Balaban J connectivity index is 1.19. The van der Waals surface area contributed by atoms with E-state index in [-0.39, 0.29) is 33.6 Å². The van der Waals surface area contributed by atoms with E-state index in [1.807, 2.05) is 24.3 Å². The Morgan fingerprint density at radius 1 is 0.882 bits per heavy atom. The number of benzene rings is 4. The number of ketones is 1. The zero-order valence-corrected chi connectivity index (χ0v) is 28.7. The standard InChI is InChI=1S/C36H34F3N3O8S/c1-46-28-10-5-11-29(47-2)35(28)51(44,45)41-36-32-30(48-3)18-23(19-31(32)50-40-36)22-7-4-9-24(17-22)42-15-6-8-21(14-16-42)27(43)20-49-34-26(38)13-12-25(37)33(34)39/h4-5,7,9-13,17-19,21H,6,8,14-16,20H2,1-3H3,(H,40,41). The molecule has 1 saturated heterocycles. The van der Waals surface area contributed by atoms with E-state index in [1.54, 1.807) is 18.2 Å². The second-order valence-electron chi connectivity index (χ2n) is 11.8. The lowest BCUT2D eigenvalue weighted by molar-refractivity contribution is -0.125. The van der Waals surface area contributed by atoms with Gasteiger partial charge in [0, 0.05) is 24.7 Å². The number of nitrogens with one attached hydrogen (secondary N) is 1. The summed E-state index contributed by atoms with van der Waals surface area (Å²) in [6, 6.07) is 17.2. The normalized spacial score (nSPS) is 14.9. The third-order valence-electron chi connectivity index (χ3n) is 8.73. The molecule has 0 bridgehead atoms. The van der Waals surface area contributed by atoms with Crippen LogP contribution < -0.4 is 28.6 Å². The lowest BCUT2D eigenvalue weighted by Gasteiger charge is -2.23. The largest absolute Gasteiger partial charge is 0.496 e. The van der Waals surface area contributed by atoms with Crippen molar-refractivity contribution in [2.75, 3.05) is 50.6 Å². The predicted molar refractivity (Wildman–Crippen MR) is 183 cm³/mol. The van der Waals surface area contributed by atoms with Crippen molar-refractivity contribution < 1.29 is 49.9 Å². The first kappa shape index (κ1) is 35.4. The molecule has 0 radical (unpaired) electrons. The maximum Gasteiger partial charge on any atom is 0.270 e. The Morgan fingerprint density at radius 2 is 1.59 bits per heavy atom. The second kappa shape index (κ2) is 14.8. The summed E-state index contributed by atoms with van der Waals surface area (Å²) in [7, 11) is -0.0948. The highest BCUT2D eigenvalue weighted by Crippen LogP contribution is 2.40. The molecule has 1 aliphatic rings. The summed E-state index contributed by atoms with van der Waals surface area (Å²) < 4.78 is 97.9. The van der Waals surface area contributed by atoms with Crippen molar-refractivity contribution in [3.8, 4) is 34.1 Å². The van der Waals surface area contributed by atoms with Crippen LogP contribution >= 0.6 is 0 Å². The van der Waals surface area contributed by atoms with E-state index in [2.05, 4.69) is 14.8 Å². The maximum absolute atomic E-state index is 14.0. The molecule has 4 aromatic carbocycles. The molecule has 2 heterocycles. The maximum atomic E-state index is 14.0. The molecule has 1 unspecified atom stereocenters. The van der Waals surface area contributed by atoms with Crippen LogP contribution in [0.15, 0.2) is 76.1 Å². The van der Waals surface area contributed by atoms with Crippen LogP contribution in [0.2, 0.25) is 0 Å². The van der Waals surface area contributed by atoms with E-state index in [9.17, 15) is 26.4 Å². The van der Waals surface area contributed by atoms with Gasteiger partial charge in [-0.05, 0) is 78.9 Å². The van der Waals surface area contributed by atoms with Crippen molar-refractivity contribution in [3.05, 3.63) is 84.2 Å². The number of carbonyl (C=O) groups is 1. The zero-order valence-electron chi connectivity index (χ0n) is 27.9. The van der Waals surface area contributed by atoms with E-state index in [0.29, 0.717) is 49.6 Å². The third-order valence-corrected chi connectivity index (χ3v) is 10.1. The van der Waals surface area contributed by atoms with E-state index < -0.39 is 45.7 Å². The number of sulfonamides is 1. The third kappa shape index (κ3) is 7.24. The molecule has 51 heavy (non-hydrogen) atoms. The Bertz CT molecular complexity index is 2170. The van der Waals surface area contributed by atoms with Crippen LogP contribution in [0, 0.1) is 23.4 Å². The quantitative estimate of drug-likeness (QED) is 0.134. The van der Waals surface area contributed by atoms with Gasteiger partial charge in [-0.2, -0.15) is 4.39 Å². The predicted octanol–water partition coefficient (Wildman–Crippen LogP) is 6.99. The van der Waals surface area contributed by atoms with E-state index in [0.717, 1.165) is 22.9 Å². The smallest absolute Gasteiger partial charge is 0.270 e. The summed E-state index contributed by atoms with van der Waals surface area (Å²) in [6.07, 6.45) is 1.72. The number of methoxy groups -OCH3 is 3. The molecule has 268 valence electrons. The first-order chi connectivity index (χ1) is 24.5. The topological polar surface area (TPSA) is 129 Å². The van der Waals surface area contributed by atoms with Gasteiger partial charge in [0.05, 0.1) is 21.3 Å². The number of hydrogen-bond acceptors (Lipinski definition) is 10. The Labute approximate surface area is 291 Å². The number of fused-ring (bicyclic) bond motifs is 1. The van der Waals surface area contributed by atoms with Crippen molar-refractivity contribution in [2.24, 2.45) is 5.92 Å². The average Bonchev–Trinajstić information content (AvgIpc) is 3.36. The average molecular weight is 726 g/mol. The number of ether oxygens (including phenoxy) is 4. The summed E-state index contributed by atoms with van der Waals surface area (Å²) in [4.78, 5) is 14.9. The van der Waals surface area contributed by atoms with Gasteiger partial charge in [-0.15, -0.1) is 0 Å². The van der Waals surface area contributed by atoms with Crippen LogP contribution in [0.25, 0.3) is 22.1 Å². The molecule has 1 fully saturated rings. The minimum Gasteiger partial charge on any atom is -0.496 e. The fraction of sp³-hybridized carbons (Fsp3) is 0.278. The molecule has 0 aliphatic carbocycles. The van der Waals surface area contributed by atoms with Gasteiger partial charge in [0.25, 0.3) is 10.0 Å². The van der Waals surface area contributed by atoms with Crippen LogP contribution in [0.3, 0.4) is 0 Å².